The van der Waals surface area contributed by atoms with Gasteiger partial charge in [-0.2, -0.15) is 0 Å². The molecule has 8 nitrogen and oxygen atoms in total. The quantitative estimate of drug-likeness (QED) is 0.124. The highest BCUT2D eigenvalue weighted by Gasteiger charge is 2.36. The molecular formula is C24H31BrN4O4Si. The zero-order valence-corrected chi connectivity index (χ0v) is 22.8. The molecule has 0 aliphatic heterocycles. The minimum atomic E-state index is -1.77. The number of ether oxygens (including phenoxy) is 1. The number of nitrogens with zero attached hydrogens (tertiary/aromatic N) is 3. The van der Waals surface area contributed by atoms with Crippen LogP contribution in [0.2, 0.25) is 18.1 Å². The van der Waals surface area contributed by atoms with Gasteiger partial charge in [-0.1, -0.05) is 42.8 Å². The summed E-state index contributed by atoms with van der Waals surface area (Å²) in [6.45, 7) is 12.1. The molecule has 0 aliphatic rings. The predicted molar refractivity (Wildman–Crippen MR) is 141 cm³/mol. The van der Waals surface area contributed by atoms with Crippen molar-refractivity contribution >= 4 is 52.3 Å². The second-order valence-electron chi connectivity index (χ2n) is 9.62. The monoisotopic (exact) mass is 546 g/mol. The molecule has 0 radical (unpaired) electrons. The first-order chi connectivity index (χ1) is 16.0. The number of fused-ring (bicyclic) bond motifs is 1. The lowest BCUT2D eigenvalue weighted by atomic mass is 10.2. The summed E-state index contributed by atoms with van der Waals surface area (Å²) >= 11 is 3.44. The van der Waals surface area contributed by atoms with Crippen molar-refractivity contribution in [2.24, 2.45) is 0 Å². The maximum atomic E-state index is 11.8. The molecule has 0 amide bonds. The number of benzene rings is 2. The van der Waals surface area contributed by atoms with Gasteiger partial charge in [-0.3, -0.25) is 10.1 Å². The molecule has 0 fully saturated rings. The average Bonchev–Trinajstić information content (AvgIpc) is 2.75. The maximum Gasteiger partial charge on any atom is 0.311 e. The maximum absolute atomic E-state index is 11.8. The molecule has 0 saturated carbocycles. The molecule has 0 unspecified atom stereocenters. The number of aromatic nitrogens is 2. The number of nitro benzene ring substituents is 1. The summed E-state index contributed by atoms with van der Waals surface area (Å²) in [7, 11) is -1.77. The van der Waals surface area contributed by atoms with Crippen molar-refractivity contribution in [3.63, 3.8) is 0 Å². The van der Waals surface area contributed by atoms with Crippen LogP contribution in [0.15, 0.2) is 47.2 Å². The zero-order valence-electron chi connectivity index (χ0n) is 20.2. The first-order valence-corrected chi connectivity index (χ1v) is 14.9. The number of nitrogens with one attached hydrogen (secondary N) is 1. The first-order valence-electron chi connectivity index (χ1n) is 11.2. The van der Waals surface area contributed by atoms with E-state index in [9.17, 15) is 10.1 Å². The Bertz CT molecular complexity index is 1170. The Hall–Kier alpha value is -2.56. The van der Waals surface area contributed by atoms with Crippen molar-refractivity contribution in [2.45, 2.75) is 51.7 Å². The van der Waals surface area contributed by atoms with Gasteiger partial charge in [0.1, 0.15) is 12.1 Å². The number of hydrogen-bond donors (Lipinski definition) is 1. The van der Waals surface area contributed by atoms with Gasteiger partial charge >= 0.3 is 5.69 Å². The lowest BCUT2D eigenvalue weighted by molar-refractivity contribution is -0.385. The molecule has 34 heavy (non-hydrogen) atoms. The minimum absolute atomic E-state index is 0.114. The Morgan fingerprint density at radius 2 is 1.85 bits per heavy atom. The molecule has 3 aromatic rings. The number of unbranched alkanes of at least 4 members (excludes halogenated alkanes) is 1. The molecular weight excluding hydrogens is 516 g/mol. The van der Waals surface area contributed by atoms with Gasteiger partial charge in [0.2, 0.25) is 0 Å². The van der Waals surface area contributed by atoms with Crippen molar-refractivity contribution in [3.8, 4) is 5.75 Å². The Labute approximate surface area is 209 Å². The van der Waals surface area contributed by atoms with Gasteiger partial charge in [-0.15, -0.1) is 0 Å². The minimum Gasteiger partial charge on any atom is -0.487 e. The second kappa shape index (κ2) is 10.8. The van der Waals surface area contributed by atoms with Crippen LogP contribution in [0.1, 0.15) is 33.6 Å². The molecule has 1 N–H and O–H groups in total. The highest BCUT2D eigenvalue weighted by molar-refractivity contribution is 9.10. The van der Waals surface area contributed by atoms with Gasteiger partial charge in [-0.25, -0.2) is 9.97 Å². The van der Waals surface area contributed by atoms with Crippen molar-refractivity contribution in [3.05, 3.63) is 57.3 Å². The molecule has 3 rings (SSSR count). The van der Waals surface area contributed by atoms with E-state index in [0.717, 1.165) is 23.0 Å². The Morgan fingerprint density at radius 1 is 1.12 bits per heavy atom. The molecule has 10 heteroatoms. The van der Waals surface area contributed by atoms with Crippen LogP contribution in [0.5, 0.6) is 5.75 Å². The fourth-order valence-electron chi connectivity index (χ4n) is 3.06. The average molecular weight is 548 g/mol. The highest BCUT2D eigenvalue weighted by Crippen LogP contribution is 2.37. The van der Waals surface area contributed by atoms with Crippen LogP contribution in [0.25, 0.3) is 10.9 Å². The normalized spacial score (nSPS) is 12.1. The van der Waals surface area contributed by atoms with Crippen LogP contribution in [0.4, 0.5) is 17.2 Å². The number of anilines is 2. The van der Waals surface area contributed by atoms with Gasteiger partial charge < -0.3 is 14.5 Å². The molecule has 0 bridgehead atoms. The van der Waals surface area contributed by atoms with Crippen molar-refractivity contribution in [2.75, 3.05) is 18.5 Å². The van der Waals surface area contributed by atoms with Crippen LogP contribution in [-0.2, 0) is 4.43 Å². The smallest absolute Gasteiger partial charge is 0.311 e. The number of rotatable bonds is 10. The van der Waals surface area contributed by atoms with E-state index in [-0.39, 0.29) is 16.5 Å². The van der Waals surface area contributed by atoms with Gasteiger partial charge in [0, 0.05) is 28.9 Å². The molecule has 1 aromatic heterocycles. The van der Waals surface area contributed by atoms with Crippen LogP contribution >= 0.6 is 15.9 Å². The van der Waals surface area contributed by atoms with Gasteiger partial charge in [0.15, 0.2) is 14.1 Å². The molecule has 2 aromatic carbocycles. The van der Waals surface area contributed by atoms with Crippen molar-refractivity contribution in [1.82, 2.24) is 9.97 Å². The molecule has 0 aliphatic carbocycles. The molecule has 0 spiro atoms. The zero-order chi connectivity index (χ0) is 24.9. The summed E-state index contributed by atoms with van der Waals surface area (Å²) in [5.74, 6) is 0.690. The number of halogens is 1. The molecule has 0 atom stereocenters. The summed E-state index contributed by atoms with van der Waals surface area (Å²) in [6, 6.07) is 10.7. The Balaban J connectivity index is 1.70. The summed E-state index contributed by atoms with van der Waals surface area (Å²) < 4.78 is 12.9. The fraction of sp³-hybridized carbons (Fsp3) is 0.417. The topological polar surface area (TPSA) is 99.4 Å². The van der Waals surface area contributed by atoms with Gasteiger partial charge in [0.05, 0.1) is 22.4 Å². The molecule has 0 saturated heterocycles. The predicted octanol–water partition coefficient (Wildman–Crippen LogP) is 7.22. The summed E-state index contributed by atoms with van der Waals surface area (Å²) in [4.78, 5) is 19.9. The van der Waals surface area contributed by atoms with E-state index in [1.807, 2.05) is 24.3 Å². The van der Waals surface area contributed by atoms with Crippen LogP contribution in [-0.4, -0.2) is 36.4 Å². The number of nitro groups is 1. The van der Waals surface area contributed by atoms with E-state index >= 15 is 0 Å². The van der Waals surface area contributed by atoms with E-state index in [2.05, 4.69) is 65.1 Å². The SMILES string of the molecule is CC(C)(C)[Si](C)(C)OCCCCOc1cc2ncnc(Nc3cccc(Br)c3)c2cc1[N+](=O)[O-]. The van der Waals surface area contributed by atoms with E-state index in [0.29, 0.717) is 29.9 Å². The van der Waals surface area contributed by atoms with Crippen molar-refractivity contribution < 1.29 is 14.1 Å². The Morgan fingerprint density at radius 3 is 2.53 bits per heavy atom. The lowest BCUT2D eigenvalue weighted by Gasteiger charge is -2.36. The summed E-state index contributed by atoms with van der Waals surface area (Å²) in [5, 5.41) is 15.7. The van der Waals surface area contributed by atoms with E-state index in [1.54, 1.807) is 6.07 Å². The van der Waals surface area contributed by atoms with E-state index < -0.39 is 13.2 Å². The van der Waals surface area contributed by atoms with E-state index in [4.69, 9.17) is 9.16 Å². The third kappa shape index (κ3) is 6.52. The third-order valence-corrected chi connectivity index (χ3v) is 11.1. The third-order valence-electron chi connectivity index (χ3n) is 6.07. The fourth-order valence-corrected chi connectivity index (χ4v) is 4.55. The first kappa shape index (κ1) is 26.0. The van der Waals surface area contributed by atoms with Crippen LogP contribution in [0.3, 0.4) is 0 Å². The van der Waals surface area contributed by atoms with Crippen LogP contribution in [0, 0.1) is 10.1 Å². The molecule has 182 valence electrons. The van der Waals surface area contributed by atoms with Crippen LogP contribution < -0.4 is 10.1 Å². The molecule has 1 heterocycles. The van der Waals surface area contributed by atoms with Gasteiger partial charge in [-0.05, 0) is 49.2 Å². The summed E-state index contributed by atoms with van der Waals surface area (Å²) in [5.41, 5.74) is 1.25. The second-order valence-corrected chi connectivity index (χ2v) is 15.3. The highest BCUT2D eigenvalue weighted by atomic mass is 79.9. The standard InChI is InChI=1S/C24H31BrN4O4Si/c1-24(2,3)34(4,5)33-12-7-6-11-32-22-15-20-19(14-21(22)29(30)31)23(27-16-26-20)28-18-10-8-9-17(25)13-18/h8-10,13-16H,6-7,11-12H2,1-5H3,(H,26,27,28). The Kier molecular flexibility index (Phi) is 8.27. The lowest BCUT2D eigenvalue weighted by Crippen LogP contribution is -2.41. The largest absolute Gasteiger partial charge is 0.487 e. The summed E-state index contributed by atoms with van der Waals surface area (Å²) in [6.07, 6.45) is 3.00. The van der Waals surface area contributed by atoms with Crippen molar-refractivity contribution in [1.29, 1.82) is 0 Å². The number of hydrogen-bond acceptors (Lipinski definition) is 7. The van der Waals surface area contributed by atoms with E-state index in [1.165, 1.54) is 12.4 Å². The van der Waals surface area contributed by atoms with Gasteiger partial charge in [0.25, 0.3) is 0 Å².